The van der Waals surface area contributed by atoms with Gasteiger partial charge in [-0.3, -0.25) is 9.98 Å². The molecule has 0 amide bonds. The summed E-state index contributed by atoms with van der Waals surface area (Å²) in [6.07, 6.45) is 9.85. The van der Waals surface area contributed by atoms with Crippen LogP contribution in [0, 0.1) is 0 Å². The molecule has 186 valence electrons. The minimum atomic E-state index is -0.143. The molecule has 0 aliphatic heterocycles. The Morgan fingerprint density at radius 1 is 1.00 bits per heavy atom. The molecule has 0 saturated heterocycles. The molecule has 0 spiro atoms. The minimum absolute atomic E-state index is 0.143. The van der Waals surface area contributed by atoms with Crippen molar-refractivity contribution in [2.24, 2.45) is 4.99 Å². The summed E-state index contributed by atoms with van der Waals surface area (Å²) in [7, 11) is 1.78. The van der Waals surface area contributed by atoms with Crippen molar-refractivity contribution < 1.29 is 0 Å². The van der Waals surface area contributed by atoms with Crippen molar-refractivity contribution in [1.29, 1.82) is 0 Å². The Kier molecular flexibility index (Phi) is 8.21. The summed E-state index contributed by atoms with van der Waals surface area (Å²) in [5, 5.41) is 4.21. The van der Waals surface area contributed by atoms with E-state index in [1.807, 2.05) is 36.8 Å². The van der Waals surface area contributed by atoms with Crippen LogP contribution in [0.15, 0.2) is 65.4 Å². The maximum Gasteiger partial charge on any atom is 0.190 e. The van der Waals surface area contributed by atoms with Gasteiger partial charge in [-0.05, 0) is 68.7 Å². The molecular weight excluding hydrogens is 464 g/mol. The Morgan fingerprint density at radius 2 is 1.81 bits per heavy atom. The number of hydrogen-bond acceptors (Lipinski definition) is 7. The summed E-state index contributed by atoms with van der Waals surface area (Å²) in [4.78, 5) is 24.1. The van der Waals surface area contributed by atoms with E-state index in [2.05, 4.69) is 67.3 Å². The van der Waals surface area contributed by atoms with Crippen LogP contribution < -0.4 is 5.32 Å². The van der Waals surface area contributed by atoms with E-state index in [0.29, 0.717) is 0 Å². The summed E-state index contributed by atoms with van der Waals surface area (Å²) in [6.45, 7) is 8.62. The number of nitrogens with zero attached hydrogens (tertiary/aromatic N) is 5. The SMILES string of the molecule is CCCC(CCC)(c1ccnc(Nc2nc3ccc(C(C=NC)=C(C)C)nc3s2)c1)c1ccccn1. The lowest BCUT2D eigenvalue weighted by Crippen LogP contribution is -2.29. The van der Waals surface area contributed by atoms with Gasteiger partial charge in [0.25, 0.3) is 0 Å². The lowest BCUT2D eigenvalue weighted by Gasteiger charge is -2.34. The molecule has 0 radical (unpaired) electrons. The van der Waals surface area contributed by atoms with Crippen LogP contribution in [-0.2, 0) is 5.41 Å². The fourth-order valence-corrected chi connectivity index (χ4v) is 5.67. The predicted molar refractivity (Wildman–Crippen MR) is 152 cm³/mol. The number of thiazole rings is 1. The van der Waals surface area contributed by atoms with Gasteiger partial charge in [0.1, 0.15) is 16.2 Å². The van der Waals surface area contributed by atoms with Gasteiger partial charge in [-0.15, -0.1) is 0 Å². The Bertz CT molecular complexity index is 1360. The van der Waals surface area contributed by atoms with Gasteiger partial charge in [-0.25, -0.2) is 15.0 Å². The average Bonchev–Trinajstić information content (AvgIpc) is 3.29. The van der Waals surface area contributed by atoms with Crippen LogP contribution in [-0.4, -0.2) is 33.2 Å². The topological polar surface area (TPSA) is 76.0 Å². The monoisotopic (exact) mass is 498 g/mol. The molecule has 6 nitrogen and oxygen atoms in total. The van der Waals surface area contributed by atoms with Crippen molar-refractivity contribution >= 4 is 44.4 Å². The zero-order chi connectivity index (χ0) is 25.5. The number of aromatic nitrogens is 4. The van der Waals surface area contributed by atoms with E-state index in [0.717, 1.165) is 63.9 Å². The van der Waals surface area contributed by atoms with Crippen molar-refractivity contribution in [2.75, 3.05) is 12.4 Å². The summed E-state index contributed by atoms with van der Waals surface area (Å²) in [6, 6.07) is 14.5. The van der Waals surface area contributed by atoms with Gasteiger partial charge in [0.2, 0.25) is 0 Å². The van der Waals surface area contributed by atoms with Crippen molar-refractivity contribution in [3.8, 4) is 0 Å². The molecule has 7 heteroatoms. The summed E-state index contributed by atoms with van der Waals surface area (Å²) in [5.41, 5.74) is 6.19. The minimum Gasteiger partial charge on any atom is -0.316 e. The highest BCUT2D eigenvalue weighted by molar-refractivity contribution is 7.21. The van der Waals surface area contributed by atoms with E-state index >= 15 is 0 Å². The van der Waals surface area contributed by atoms with Crippen molar-refractivity contribution in [2.45, 2.75) is 58.8 Å². The van der Waals surface area contributed by atoms with Crippen LogP contribution in [0.4, 0.5) is 10.9 Å². The zero-order valence-electron chi connectivity index (χ0n) is 21.7. The van der Waals surface area contributed by atoms with Gasteiger partial charge in [-0.2, -0.15) is 0 Å². The highest BCUT2D eigenvalue weighted by atomic mass is 32.1. The third kappa shape index (κ3) is 5.36. The Balaban J connectivity index is 1.69. The fourth-order valence-electron chi connectivity index (χ4n) is 4.82. The van der Waals surface area contributed by atoms with Gasteiger partial charge in [0.05, 0.1) is 11.4 Å². The first-order chi connectivity index (χ1) is 17.5. The number of hydrogen-bond donors (Lipinski definition) is 1. The first kappa shape index (κ1) is 25.6. The second-order valence-electron chi connectivity index (χ2n) is 9.19. The summed E-state index contributed by atoms with van der Waals surface area (Å²) >= 11 is 1.53. The Hall–Kier alpha value is -3.45. The number of aliphatic imine (C=N–C) groups is 1. The molecule has 0 aliphatic rings. The second-order valence-corrected chi connectivity index (χ2v) is 10.2. The van der Waals surface area contributed by atoms with E-state index in [-0.39, 0.29) is 5.41 Å². The zero-order valence-corrected chi connectivity index (χ0v) is 22.6. The molecule has 1 N–H and O–H groups in total. The third-order valence-electron chi connectivity index (χ3n) is 6.38. The summed E-state index contributed by atoms with van der Waals surface area (Å²) < 4.78 is 0. The molecule has 4 rings (SSSR count). The van der Waals surface area contributed by atoms with Crippen LogP contribution in [0.3, 0.4) is 0 Å². The molecule has 4 aromatic rings. The van der Waals surface area contributed by atoms with Gasteiger partial charge >= 0.3 is 0 Å². The van der Waals surface area contributed by atoms with E-state index in [4.69, 9.17) is 15.0 Å². The molecule has 0 bridgehead atoms. The number of allylic oxidation sites excluding steroid dienone is 2. The highest BCUT2D eigenvalue weighted by Gasteiger charge is 2.34. The second kappa shape index (κ2) is 11.5. The fraction of sp³-hybridized carbons (Fsp3) is 0.345. The molecule has 0 atom stereocenters. The van der Waals surface area contributed by atoms with Crippen LogP contribution in [0.25, 0.3) is 15.9 Å². The molecule has 36 heavy (non-hydrogen) atoms. The lowest BCUT2D eigenvalue weighted by molar-refractivity contribution is 0.415. The smallest absolute Gasteiger partial charge is 0.190 e. The van der Waals surface area contributed by atoms with Gasteiger partial charge in [-0.1, -0.05) is 49.7 Å². The Morgan fingerprint density at radius 3 is 2.47 bits per heavy atom. The van der Waals surface area contributed by atoms with Gasteiger partial charge in [0, 0.05) is 36.6 Å². The van der Waals surface area contributed by atoms with E-state index in [1.54, 1.807) is 7.05 Å². The molecule has 4 aromatic heterocycles. The summed E-state index contributed by atoms with van der Waals surface area (Å²) in [5.74, 6) is 0.780. The molecule has 0 saturated carbocycles. The number of anilines is 2. The lowest BCUT2D eigenvalue weighted by atomic mass is 9.71. The first-order valence-electron chi connectivity index (χ1n) is 12.5. The number of pyridine rings is 3. The normalized spacial score (nSPS) is 11.8. The van der Waals surface area contributed by atoms with Crippen LogP contribution in [0.5, 0.6) is 0 Å². The third-order valence-corrected chi connectivity index (χ3v) is 7.27. The number of nitrogens with one attached hydrogen (secondary N) is 1. The molecular formula is C29H34N6S. The maximum atomic E-state index is 4.86. The van der Waals surface area contributed by atoms with Crippen LogP contribution >= 0.6 is 11.3 Å². The maximum absolute atomic E-state index is 4.86. The average molecular weight is 499 g/mol. The Labute approximate surface area is 217 Å². The quantitative estimate of drug-likeness (QED) is 0.228. The molecule has 0 aliphatic carbocycles. The molecule has 4 heterocycles. The standard InChI is InChI=1S/C29H34N6S/c1-6-14-29(15-7-2,25-10-8-9-16-31-25)21-13-17-32-26(18-21)35-28-34-24-12-11-23(33-27(24)36-28)22(19-30-5)20(3)4/h8-13,16-19H,6-7,14-15H2,1-5H3,(H,32,34,35). The van der Waals surface area contributed by atoms with Crippen molar-refractivity contribution in [3.63, 3.8) is 0 Å². The van der Waals surface area contributed by atoms with Gasteiger partial charge in [0.15, 0.2) is 5.13 Å². The van der Waals surface area contributed by atoms with E-state index in [1.165, 1.54) is 22.5 Å². The molecule has 0 fully saturated rings. The first-order valence-corrected chi connectivity index (χ1v) is 13.3. The van der Waals surface area contributed by atoms with Gasteiger partial charge < -0.3 is 5.32 Å². The van der Waals surface area contributed by atoms with E-state index < -0.39 is 0 Å². The molecule has 0 aromatic carbocycles. The van der Waals surface area contributed by atoms with Crippen molar-refractivity contribution in [3.05, 3.63) is 77.4 Å². The van der Waals surface area contributed by atoms with Crippen molar-refractivity contribution in [1.82, 2.24) is 19.9 Å². The highest BCUT2D eigenvalue weighted by Crippen LogP contribution is 2.41. The number of fused-ring (bicyclic) bond motifs is 1. The van der Waals surface area contributed by atoms with Crippen LogP contribution in [0.1, 0.15) is 70.3 Å². The largest absolute Gasteiger partial charge is 0.316 e. The number of rotatable bonds is 10. The van der Waals surface area contributed by atoms with E-state index in [9.17, 15) is 0 Å². The van der Waals surface area contributed by atoms with Crippen LogP contribution in [0.2, 0.25) is 0 Å². The predicted octanol–water partition coefficient (Wildman–Crippen LogP) is 7.61. The molecule has 0 unspecified atom stereocenters.